The van der Waals surface area contributed by atoms with E-state index in [0.29, 0.717) is 195 Å². The molecule has 4 aromatic rings. The van der Waals surface area contributed by atoms with E-state index < -0.39 is 11.2 Å². The summed E-state index contributed by atoms with van der Waals surface area (Å²) in [5, 5.41) is 0. The van der Waals surface area contributed by atoms with Gasteiger partial charge in [-0.15, -0.1) is 0 Å². The van der Waals surface area contributed by atoms with Crippen molar-refractivity contribution in [2.75, 3.05) is 187 Å². The molecule has 0 fully saturated rings. The highest BCUT2D eigenvalue weighted by Crippen LogP contribution is 2.31. The van der Waals surface area contributed by atoms with E-state index >= 15 is 0 Å². The van der Waals surface area contributed by atoms with E-state index in [0.717, 1.165) is 21.2 Å². The molecule has 2 aliphatic rings. The zero-order chi connectivity index (χ0) is 63.3. The minimum absolute atomic E-state index is 0.0479. The number of benzene rings is 4. The van der Waals surface area contributed by atoms with E-state index in [-0.39, 0.29) is 63.6 Å². The van der Waals surface area contributed by atoms with Gasteiger partial charge in [-0.3, -0.25) is 9.36 Å². The van der Waals surface area contributed by atoms with Crippen LogP contribution >= 0.6 is 0 Å². The molecule has 0 amide bonds. The lowest BCUT2D eigenvalue weighted by Gasteiger charge is -2.20. The highest BCUT2D eigenvalue weighted by molar-refractivity contribution is 5.81. The molecule has 24 nitrogen and oxygen atoms in total. The number of methoxy groups -OCH3 is 4. The summed E-state index contributed by atoms with van der Waals surface area (Å²) in [6, 6.07) is 20.3. The van der Waals surface area contributed by atoms with Gasteiger partial charge in [-0.25, -0.2) is 9.78 Å². The van der Waals surface area contributed by atoms with Crippen LogP contribution in [0.3, 0.4) is 0 Å². The molecule has 0 N–H and O–H groups in total. The standard InChI is InChI=1S/C65H92N4O20/c1-48(2)44-68-61-34-50(4)49(3)33-60(61)66-62-63(68)67-65(71)69(64(62)70)45-51-35-58(88-46-52-37-54(84-29-25-80-21-17-76-13-9-72-5)41-55(38-52)85-30-26-81-22-18-77-14-10-73-6)43-59(36-51)89-47-53-39-56(86-31-27-82-23-19-78-15-11-74-7)42-57(40-53)87-32-28-83-24-20-79-16-12-75-8/h33-43,48H,9-32,44-47H2,1-8H3. The van der Waals surface area contributed by atoms with Gasteiger partial charge in [0.05, 0.1) is 150 Å². The van der Waals surface area contributed by atoms with Crippen LogP contribution in [0.2, 0.25) is 0 Å². The van der Waals surface area contributed by atoms with Crippen molar-refractivity contribution in [3.05, 3.63) is 115 Å². The minimum atomic E-state index is -0.726. The Labute approximate surface area is 521 Å². The predicted molar refractivity (Wildman–Crippen MR) is 332 cm³/mol. The molecular formula is C65H92N4O20. The quantitative estimate of drug-likeness (QED) is 0.0283. The smallest absolute Gasteiger partial charge is 0.352 e. The normalized spacial score (nSPS) is 11.6. The second kappa shape index (κ2) is 41.7. The van der Waals surface area contributed by atoms with Gasteiger partial charge in [-0.05, 0) is 96.1 Å². The summed E-state index contributed by atoms with van der Waals surface area (Å²) in [4.78, 5) is 38.3. The predicted octanol–water partition coefficient (Wildman–Crippen LogP) is 6.77. The summed E-state index contributed by atoms with van der Waals surface area (Å²) < 4.78 is 106. The Balaban J connectivity index is 1.27. The van der Waals surface area contributed by atoms with E-state index in [4.69, 9.17) is 90.2 Å². The van der Waals surface area contributed by atoms with E-state index in [1.807, 2.05) is 54.8 Å². The summed E-state index contributed by atoms with van der Waals surface area (Å²) >= 11 is 0. The van der Waals surface area contributed by atoms with Gasteiger partial charge in [-0.1, -0.05) is 13.8 Å². The first-order chi connectivity index (χ1) is 43.5. The zero-order valence-corrected chi connectivity index (χ0v) is 53.2. The summed E-state index contributed by atoms with van der Waals surface area (Å²) in [7, 11) is 6.50. The Morgan fingerprint density at radius 1 is 0.371 bits per heavy atom. The van der Waals surface area contributed by atoms with Crippen molar-refractivity contribution in [1.29, 1.82) is 0 Å². The van der Waals surface area contributed by atoms with Gasteiger partial charge >= 0.3 is 5.69 Å². The van der Waals surface area contributed by atoms with Crippen molar-refractivity contribution in [3.8, 4) is 46.0 Å². The fourth-order valence-corrected chi connectivity index (χ4v) is 8.71. The van der Waals surface area contributed by atoms with Crippen LogP contribution in [0.15, 0.2) is 76.3 Å². The van der Waals surface area contributed by atoms with Crippen LogP contribution in [0.4, 0.5) is 0 Å². The minimum Gasteiger partial charge on any atom is -0.491 e. The van der Waals surface area contributed by atoms with Gasteiger partial charge in [0.15, 0.2) is 11.5 Å². The lowest BCUT2D eigenvalue weighted by Crippen LogP contribution is -2.39. The molecular weight excluding hydrogens is 1160 g/mol. The van der Waals surface area contributed by atoms with E-state index in [2.05, 4.69) is 18.8 Å². The highest BCUT2D eigenvalue weighted by Gasteiger charge is 2.23. The molecule has 6 rings (SSSR count). The Bertz CT molecular complexity index is 2850. The third-order valence-corrected chi connectivity index (χ3v) is 13.2. The molecule has 0 bridgehead atoms. The molecule has 4 aromatic carbocycles. The van der Waals surface area contributed by atoms with Crippen LogP contribution < -0.4 is 39.7 Å². The Kier molecular flexibility index (Phi) is 33.5. The van der Waals surface area contributed by atoms with Gasteiger partial charge in [-0.2, -0.15) is 4.98 Å². The lowest BCUT2D eigenvalue weighted by atomic mass is 10.1. The average Bonchev–Trinajstić information content (AvgIpc) is 1.14. The first-order valence-corrected chi connectivity index (χ1v) is 30.2. The van der Waals surface area contributed by atoms with Gasteiger partial charge in [0.1, 0.15) is 74.1 Å². The molecule has 0 atom stereocenters. The SMILES string of the molecule is COCCOCCOCCOc1cc(COc2cc(Cn3c(=O)nc4n(CC(C)C)c5cc(C)c(C)cc5nc-4c3=O)cc(OCc3cc(OCCOCCOCCOC)cc(OCCOCCOCCOC)c3)c2)cc(OCCOCCOCCOC)c1. The molecule has 0 unspecified atom stereocenters. The van der Waals surface area contributed by atoms with E-state index in [1.54, 1.807) is 58.8 Å². The largest absolute Gasteiger partial charge is 0.491 e. The summed E-state index contributed by atoms with van der Waals surface area (Å²) in [6.45, 7) is 18.1. The summed E-state index contributed by atoms with van der Waals surface area (Å²) in [5.41, 5.74) is 4.22. The molecule has 89 heavy (non-hydrogen) atoms. The van der Waals surface area contributed by atoms with Crippen molar-refractivity contribution in [1.82, 2.24) is 19.1 Å². The van der Waals surface area contributed by atoms with E-state index in [9.17, 15) is 9.59 Å². The molecule has 2 heterocycles. The van der Waals surface area contributed by atoms with Gasteiger partial charge in [0, 0.05) is 53.2 Å². The van der Waals surface area contributed by atoms with Crippen molar-refractivity contribution < 1.29 is 85.3 Å². The van der Waals surface area contributed by atoms with Crippen molar-refractivity contribution in [3.63, 3.8) is 0 Å². The van der Waals surface area contributed by atoms with Crippen molar-refractivity contribution >= 4 is 11.0 Å². The molecule has 0 saturated carbocycles. The Morgan fingerprint density at radius 3 is 1.06 bits per heavy atom. The van der Waals surface area contributed by atoms with Crippen LogP contribution in [-0.4, -0.2) is 206 Å². The number of hydrogen-bond donors (Lipinski definition) is 0. The maximum Gasteiger partial charge on any atom is 0.352 e. The Hall–Kier alpha value is -6.52. The van der Waals surface area contributed by atoms with Crippen LogP contribution in [0, 0.1) is 19.8 Å². The number of hydrogen-bond acceptors (Lipinski definition) is 22. The number of aryl methyl sites for hydroxylation is 2. The molecule has 0 saturated heterocycles. The molecule has 0 aliphatic carbocycles. The van der Waals surface area contributed by atoms with E-state index in [1.165, 1.54) is 0 Å². The average molecular weight is 1250 g/mol. The second-order valence-corrected chi connectivity index (χ2v) is 20.8. The monoisotopic (exact) mass is 1250 g/mol. The molecule has 24 heteroatoms. The fraction of sp³-hybridized carbons (Fsp3) is 0.569. The first-order valence-electron chi connectivity index (χ1n) is 30.2. The lowest BCUT2D eigenvalue weighted by molar-refractivity contribution is 0.0174. The van der Waals surface area contributed by atoms with Crippen LogP contribution in [-0.2, 0) is 83.1 Å². The van der Waals surface area contributed by atoms with Crippen LogP contribution in [0.25, 0.3) is 22.6 Å². The number of nitrogens with zero attached hydrogens (tertiary/aromatic N) is 4. The maximum atomic E-state index is 14.7. The molecule has 0 spiro atoms. The van der Waals surface area contributed by atoms with Gasteiger partial charge in [0.25, 0.3) is 5.56 Å². The second-order valence-electron chi connectivity index (χ2n) is 20.8. The zero-order valence-electron chi connectivity index (χ0n) is 53.2. The highest BCUT2D eigenvalue weighted by atomic mass is 16.6. The summed E-state index contributed by atoms with van der Waals surface area (Å²) in [5.74, 6) is 3.26. The maximum absolute atomic E-state index is 14.7. The Morgan fingerprint density at radius 2 is 0.697 bits per heavy atom. The third-order valence-electron chi connectivity index (χ3n) is 13.2. The van der Waals surface area contributed by atoms with Gasteiger partial charge < -0.3 is 89.8 Å². The first kappa shape index (κ1) is 71.6. The van der Waals surface area contributed by atoms with Crippen molar-refractivity contribution in [2.24, 2.45) is 5.92 Å². The number of fused-ring (bicyclic) bond motifs is 2. The van der Waals surface area contributed by atoms with Crippen LogP contribution in [0.5, 0.6) is 34.5 Å². The number of ether oxygens (including phenoxy) is 18. The number of aromatic nitrogens is 4. The molecule has 0 aromatic heterocycles. The summed E-state index contributed by atoms with van der Waals surface area (Å²) in [6.07, 6.45) is 0. The van der Waals surface area contributed by atoms with Crippen LogP contribution in [0.1, 0.15) is 41.7 Å². The molecule has 2 aliphatic heterocycles. The fourth-order valence-electron chi connectivity index (χ4n) is 8.71. The third kappa shape index (κ3) is 26.5. The van der Waals surface area contributed by atoms with Crippen molar-refractivity contribution in [2.45, 2.75) is 54.0 Å². The van der Waals surface area contributed by atoms with Gasteiger partial charge in [0.2, 0.25) is 0 Å². The number of rotatable bonds is 50. The molecule has 0 radical (unpaired) electrons. The molecule has 492 valence electrons. The topological polar surface area (TPSA) is 236 Å².